The minimum absolute atomic E-state index is 0.0923. The number of fused-ring (bicyclic) bond motifs is 1. The topological polar surface area (TPSA) is 150 Å². The largest absolute Gasteiger partial charge is 0.342 e. The predicted molar refractivity (Wildman–Crippen MR) is 118 cm³/mol. The number of hydrogen-bond acceptors (Lipinski definition) is 7. The number of benzene rings is 1. The van der Waals surface area contributed by atoms with Gasteiger partial charge in [-0.25, -0.2) is 0 Å². The van der Waals surface area contributed by atoms with E-state index in [1.807, 2.05) is 4.90 Å². The monoisotopic (exact) mass is 440 g/mol. The van der Waals surface area contributed by atoms with E-state index in [1.165, 1.54) is 24.3 Å². The third-order valence-electron chi connectivity index (χ3n) is 5.77. The molecular formula is C21H24N6O5. The van der Waals surface area contributed by atoms with Crippen LogP contribution in [0.5, 0.6) is 0 Å². The molecule has 4 rings (SSSR count). The maximum atomic E-state index is 13.0. The SMILES string of the molecule is CC1CC(C)CN(c2nc3c(c(=O)[nH]2)C(C(=O)Nc2ccc([N+](=O)[O-])cc2)CC(=O)N3)C1. The van der Waals surface area contributed by atoms with Crippen molar-refractivity contribution in [1.29, 1.82) is 0 Å². The van der Waals surface area contributed by atoms with Crippen molar-refractivity contribution in [2.75, 3.05) is 28.6 Å². The highest BCUT2D eigenvalue weighted by Gasteiger charge is 2.35. The predicted octanol–water partition coefficient (Wildman–Crippen LogP) is 2.22. The van der Waals surface area contributed by atoms with E-state index >= 15 is 0 Å². The molecule has 0 aliphatic carbocycles. The summed E-state index contributed by atoms with van der Waals surface area (Å²) in [6.45, 7) is 5.76. The fourth-order valence-corrected chi connectivity index (χ4v) is 4.46. The van der Waals surface area contributed by atoms with E-state index in [0.29, 0.717) is 23.5 Å². The molecule has 1 aromatic heterocycles. The molecule has 3 atom stereocenters. The Morgan fingerprint density at radius 2 is 1.84 bits per heavy atom. The van der Waals surface area contributed by atoms with Crippen LogP contribution in [-0.2, 0) is 9.59 Å². The first-order chi connectivity index (χ1) is 15.2. The Labute approximate surface area is 183 Å². The normalized spacial score (nSPS) is 22.6. The van der Waals surface area contributed by atoms with Gasteiger partial charge in [0.05, 0.1) is 16.4 Å². The van der Waals surface area contributed by atoms with Gasteiger partial charge in [-0.15, -0.1) is 0 Å². The summed E-state index contributed by atoms with van der Waals surface area (Å²) in [6, 6.07) is 5.31. The lowest BCUT2D eigenvalue weighted by atomic mass is 9.91. The molecule has 1 fully saturated rings. The standard InChI is InChI=1S/C21H24N6O5/c1-11-7-12(2)10-26(9-11)21-24-18-17(20(30)25-21)15(8-16(28)23-18)19(29)22-13-3-5-14(6-4-13)27(31)32/h3-6,11-12,15H,7-10H2,1-2H3,(H,22,29)(H2,23,24,25,28,30). The number of nitrogens with one attached hydrogen (secondary N) is 3. The van der Waals surface area contributed by atoms with Crippen LogP contribution >= 0.6 is 0 Å². The molecule has 0 bridgehead atoms. The van der Waals surface area contributed by atoms with Crippen LogP contribution in [0, 0.1) is 22.0 Å². The molecule has 3 heterocycles. The third-order valence-corrected chi connectivity index (χ3v) is 5.77. The van der Waals surface area contributed by atoms with Crippen molar-refractivity contribution in [1.82, 2.24) is 9.97 Å². The maximum Gasteiger partial charge on any atom is 0.269 e. The van der Waals surface area contributed by atoms with Gasteiger partial charge in [0.25, 0.3) is 11.2 Å². The van der Waals surface area contributed by atoms with Crippen LogP contribution < -0.4 is 21.1 Å². The van der Waals surface area contributed by atoms with Crippen LogP contribution in [0.2, 0.25) is 0 Å². The summed E-state index contributed by atoms with van der Waals surface area (Å²) >= 11 is 0. The van der Waals surface area contributed by atoms with Crippen molar-refractivity contribution in [3.63, 3.8) is 0 Å². The van der Waals surface area contributed by atoms with Gasteiger partial charge in [-0.3, -0.25) is 29.5 Å². The lowest BCUT2D eigenvalue weighted by Gasteiger charge is -2.35. The zero-order chi connectivity index (χ0) is 23.0. The first kappa shape index (κ1) is 21.5. The molecule has 2 amide bonds. The number of nitrogens with zero attached hydrogens (tertiary/aromatic N) is 3. The number of nitro groups is 1. The minimum Gasteiger partial charge on any atom is -0.342 e. The van der Waals surface area contributed by atoms with Gasteiger partial charge in [-0.1, -0.05) is 13.8 Å². The number of H-pyrrole nitrogens is 1. The zero-order valence-corrected chi connectivity index (χ0v) is 17.8. The Balaban J connectivity index is 1.61. The summed E-state index contributed by atoms with van der Waals surface area (Å²) in [5.41, 5.74) is -0.157. The van der Waals surface area contributed by atoms with Gasteiger partial charge in [-0.2, -0.15) is 4.98 Å². The number of rotatable bonds is 4. The summed E-state index contributed by atoms with van der Waals surface area (Å²) < 4.78 is 0. The highest BCUT2D eigenvalue weighted by molar-refractivity contribution is 6.04. The van der Waals surface area contributed by atoms with E-state index in [1.54, 1.807) is 0 Å². The zero-order valence-electron chi connectivity index (χ0n) is 17.8. The van der Waals surface area contributed by atoms with Gasteiger partial charge >= 0.3 is 0 Å². The fourth-order valence-electron chi connectivity index (χ4n) is 4.46. The average Bonchev–Trinajstić information content (AvgIpc) is 2.72. The molecule has 0 radical (unpaired) electrons. The molecule has 32 heavy (non-hydrogen) atoms. The number of piperidine rings is 1. The van der Waals surface area contributed by atoms with E-state index in [-0.39, 0.29) is 23.5 Å². The quantitative estimate of drug-likeness (QED) is 0.487. The van der Waals surface area contributed by atoms with Crippen molar-refractivity contribution >= 4 is 35.0 Å². The highest BCUT2D eigenvalue weighted by Crippen LogP contribution is 2.31. The Bertz CT molecular complexity index is 1120. The molecule has 11 nitrogen and oxygen atoms in total. The molecule has 0 saturated carbocycles. The Kier molecular flexibility index (Phi) is 5.64. The summed E-state index contributed by atoms with van der Waals surface area (Å²) in [5, 5.41) is 16.0. The Morgan fingerprint density at radius 1 is 1.19 bits per heavy atom. The summed E-state index contributed by atoms with van der Waals surface area (Å²) in [4.78, 5) is 57.6. The molecule has 168 valence electrons. The molecule has 3 N–H and O–H groups in total. The summed E-state index contributed by atoms with van der Waals surface area (Å²) in [5.74, 6) is -0.650. The molecule has 2 aliphatic rings. The molecule has 0 spiro atoms. The van der Waals surface area contributed by atoms with Crippen molar-refractivity contribution in [2.45, 2.75) is 32.6 Å². The van der Waals surface area contributed by atoms with Crippen LogP contribution in [0.3, 0.4) is 0 Å². The third kappa shape index (κ3) is 4.32. The van der Waals surface area contributed by atoms with E-state index in [0.717, 1.165) is 19.5 Å². The second kappa shape index (κ2) is 8.40. The van der Waals surface area contributed by atoms with Crippen molar-refractivity contribution in [2.24, 2.45) is 11.8 Å². The van der Waals surface area contributed by atoms with Gasteiger partial charge < -0.3 is 15.5 Å². The number of carbonyl (C=O) groups excluding carboxylic acids is 2. The fraction of sp³-hybridized carbons (Fsp3) is 0.429. The van der Waals surface area contributed by atoms with Gasteiger partial charge in [-0.05, 0) is 30.4 Å². The van der Waals surface area contributed by atoms with Crippen molar-refractivity contribution in [3.05, 3.63) is 50.3 Å². The first-order valence-corrected chi connectivity index (χ1v) is 10.5. The second-order valence-electron chi connectivity index (χ2n) is 8.60. The highest BCUT2D eigenvalue weighted by atomic mass is 16.6. The van der Waals surface area contributed by atoms with Crippen LogP contribution in [0.1, 0.15) is 38.2 Å². The molecule has 1 saturated heterocycles. The van der Waals surface area contributed by atoms with E-state index < -0.39 is 28.2 Å². The number of aromatic amines is 1. The van der Waals surface area contributed by atoms with Crippen LogP contribution in [0.4, 0.5) is 23.1 Å². The van der Waals surface area contributed by atoms with Crippen LogP contribution in [0.15, 0.2) is 29.1 Å². The molecule has 11 heteroatoms. The minimum atomic E-state index is -1.03. The smallest absolute Gasteiger partial charge is 0.269 e. The molecule has 3 unspecified atom stereocenters. The van der Waals surface area contributed by atoms with Gasteiger partial charge in [0.1, 0.15) is 5.82 Å². The summed E-state index contributed by atoms with van der Waals surface area (Å²) in [6.07, 6.45) is 0.890. The number of amides is 2. The number of carbonyl (C=O) groups is 2. The van der Waals surface area contributed by atoms with Crippen molar-refractivity contribution < 1.29 is 14.5 Å². The Hall–Kier alpha value is -3.76. The van der Waals surface area contributed by atoms with E-state index in [9.17, 15) is 24.5 Å². The number of anilines is 3. The van der Waals surface area contributed by atoms with E-state index in [4.69, 9.17) is 0 Å². The molecular weight excluding hydrogens is 416 g/mol. The van der Waals surface area contributed by atoms with Gasteiger partial charge in [0, 0.05) is 37.3 Å². The summed E-state index contributed by atoms with van der Waals surface area (Å²) in [7, 11) is 0. The van der Waals surface area contributed by atoms with Gasteiger partial charge in [0.15, 0.2) is 0 Å². The maximum absolute atomic E-state index is 13.0. The van der Waals surface area contributed by atoms with Crippen LogP contribution in [-0.4, -0.2) is 39.8 Å². The van der Waals surface area contributed by atoms with Gasteiger partial charge in [0.2, 0.25) is 17.8 Å². The lowest BCUT2D eigenvalue weighted by molar-refractivity contribution is -0.384. The number of aromatic nitrogens is 2. The molecule has 2 aliphatic heterocycles. The van der Waals surface area contributed by atoms with Crippen LogP contribution in [0.25, 0.3) is 0 Å². The number of nitro benzene ring substituents is 1. The van der Waals surface area contributed by atoms with E-state index in [2.05, 4.69) is 34.4 Å². The first-order valence-electron chi connectivity index (χ1n) is 10.5. The average molecular weight is 440 g/mol. The molecule has 1 aromatic carbocycles. The number of non-ortho nitro benzene ring substituents is 1. The molecule has 2 aromatic rings. The number of hydrogen-bond donors (Lipinski definition) is 3. The second-order valence-corrected chi connectivity index (χ2v) is 8.60. The Morgan fingerprint density at radius 3 is 2.47 bits per heavy atom. The lowest BCUT2D eigenvalue weighted by Crippen LogP contribution is -2.42. The van der Waals surface area contributed by atoms with Crippen molar-refractivity contribution in [3.8, 4) is 0 Å².